The molecule has 1 aromatic carbocycles. The lowest BCUT2D eigenvalue weighted by atomic mass is 10.1. The fourth-order valence-corrected chi connectivity index (χ4v) is 2.77. The Kier molecular flexibility index (Phi) is 6.20. The van der Waals surface area contributed by atoms with Gasteiger partial charge in [-0.05, 0) is 19.4 Å². The Bertz CT molecular complexity index is 352. The number of rotatable bonds is 5. The Balaban J connectivity index is 2.76. The topological polar surface area (TPSA) is 20.3 Å². The van der Waals surface area contributed by atoms with Gasteiger partial charge in [-0.3, -0.25) is 4.79 Å². The molecule has 0 aliphatic rings. The van der Waals surface area contributed by atoms with Crippen LogP contribution in [0.1, 0.15) is 24.2 Å². The first-order valence-corrected chi connectivity index (χ1v) is 7.56. The molecule has 0 aliphatic heterocycles. The molecule has 1 aromatic rings. The van der Waals surface area contributed by atoms with Crippen molar-refractivity contribution in [3.8, 4) is 0 Å². The molecule has 2 nitrogen and oxygen atoms in total. The first-order chi connectivity index (χ1) is 8.11. The van der Waals surface area contributed by atoms with Crippen molar-refractivity contribution in [2.45, 2.75) is 23.5 Å². The summed E-state index contributed by atoms with van der Waals surface area (Å²) in [5.74, 6) is 0.126. The van der Waals surface area contributed by atoms with Crippen molar-refractivity contribution in [1.29, 1.82) is 0 Å². The molecule has 0 heterocycles. The van der Waals surface area contributed by atoms with Crippen molar-refractivity contribution in [2.24, 2.45) is 0 Å². The summed E-state index contributed by atoms with van der Waals surface area (Å²) in [6, 6.07) is 9.96. The van der Waals surface area contributed by atoms with E-state index in [4.69, 9.17) is 0 Å². The fraction of sp³-hybridized carbons (Fsp3) is 0.462. The molecular weight excluding hydrogens is 346 g/mol. The number of nitrogens with zero attached hydrogens (tertiary/aromatic N) is 1. The van der Waals surface area contributed by atoms with Gasteiger partial charge in [-0.1, -0.05) is 62.2 Å². The van der Waals surface area contributed by atoms with Crippen LogP contribution < -0.4 is 0 Å². The van der Waals surface area contributed by atoms with Crippen LogP contribution in [0.2, 0.25) is 0 Å². The van der Waals surface area contributed by atoms with E-state index in [-0.39, 0.29) is 15.6 Å². The number of alkyl halides is 2. The third-order valence-electron chi connectivity index (χ3n) is 2.69. The molecule has 0 N–H and O–H groups in total. The molecule has 1 rings (SSSR count). The zero-order chi connectivity index (χ0) is 12.8. The zero-order valence-electron chi connectivity index (χ0n) is 10.1. The maximum absolute atomic E-state index is 12.2. The third-order valence-corrected chi connectivity index (χ3v) is 5.37. The summed E-state index contributed by atoms with van der Waals surface area (Å²) in [5, 5.41) is 0. The lowest BCUT2D eigenvalue weighted by molar-refractivity contribution is -0.130. The van der Waals surface area contributed by atoms with E-state index in [0.717, 1.165) is 18.7 Å². The Labute approximate surface area is 120 Å². The Morgan fingerprint density at radius 1 is 1.18 bits per heavy atom. The maximum atomic E-state index is 12.2. The van der Waals surface area contributed by atoms with E-state index in [1.54, 1.807) is 0 Å². The predicted octanol–water partition coefficient (Wildman–Crippen LogP) is 3.75. The van der Waals surface area contributed by atoms with Crippen LogP contribution in [-0.4, -0.2) is 28.7 Å². The summed E-state index contributed by atoms with van der Waals surface area (Å²) in [6.45, 7) is 5.47. The minimum absolute atomic E-state index is 0.00296. The number of benzene rings is 1. The van der Waals surface area contributed by atoms with Gasteiger partial charge >= 0.3 is 0 Å². The molecule has 94 valence electrons. The molecular formula is C13H17Br2NO. The fourth-order valence-electron chi connectivity index (χ4n) is 1.64. The van der Waals surface area contributed by atoms with Gasteiger partial charge < -0.3 is 4.90 Å². The van der Waals surface area contributed by atoms with Gasteiger partial charge in [0.25, 0.3) is 0 Å². The van der Waals surface area contributed by atoms with Crippen LogP contribution in [0, 0.1) is 0 Å². The van der Waals surface area contributed by atoms with Crippen molar-refractivity contribution >= 4 is 37.8 Å². The van der Waals surface area contributed by atoms with Crippen LogP contribution in [0.3, 0.4) is 0 Å². The van der Waals surface area contributed by atoms with Gasteiger partial charge in [-0.15, -0.1) is 0 Å². The van der Waals surface area contributed by atoms with Gasteiger partial charge in [0.05, 0.1) is 4.83 Å². The van der Waals surface area contributed by atoms with Crippen LogP contribution in [-0.2, 0) is 4.79 Å². The third kappa shape index (κ3) is 3.81. The number of halogens is 2. The molecule has 0 aliphatic carbocycles. The highest BCUT2D eigenvalue weighted by atomic mass is 79.9. The van der Waals surface area contributed by atoms with Crippen molar-refractivity contribution in [1.82, 2.24) is 4.90 Å². The molecule has 0 radical (unpaired) electrons. The van der Waals surface area contributed by atoms with E-state index in [1.165, 1.54) is 0 Å². The van der Waals surface area contributed by atoms with Gasteiger partial charge in [0.15, 0.2) is 0 Å². The second kappa shape index (κ2) is 7.17. The van der Waals surface area contributed by atoms with Gasteiger partial charge in [0.1, 0.15) is 4.83 Å². The number of carbonyl (C=O) groups is 1. The van der Waals surface area contributed by atoms with Gasteiger partial charge in [-0.2, -0.15) is 0 Å². The van der Waals surface area contributed by atoms with Gasteiger partial charge in [-0.25, -0.2) is 0 Å². The normalized spacial score (nSPS) is 14.1. The van der Waals surface area contributed by atoms with E-state index in [9.17, 15) is 4.79 Å². The number of hydrogen-bond donors (Lipinski definition) is 0. The molecule has 0 aromatic heterocycles. The molecule has 0 saturated heterocycles. The minimum atomic E-state index is -0.232. The van der Waals surface area contributed by atoms with E-state index in [1.807, 2.05) is 49.1 Å². The standard InChI is InChI=1S/C13H17Br2NO/c1-3-16(4-2)13(17)12(15)11(14)10-8-6-5-7-9-10/h5-9,11-12H,3-4H2,1-2H3/t11-,12-/m1/s1. The molecule has 2 atom stereocenters. The van der Waals surface area contributed by atoms with E-state index in [0.29, 0.717) is 0 Å². The summed E-state index contributed by atoms with van der Waals surface area (Å²) < 4.78 is 0. The van der Waals surface area contributed by atoms with Crippen LogP contribution >= 0.6 is 31.9 Å². The molecule has 0 unspecified atom stereocenters. The summed E-state index contributed by atoms with van der Waals surface area (Å²) in [7, 11) is 0. The summed E-state index contributed by atoms with van der Waals surface area (Å²) in [4.78, 5) is 13.8. The number of carbonyl (C=O) groups excluding carboxylic acids is 1. The quantitative estimate of drug-likeness (QED) is 0.730. The highest BCUT2D eigenvalue weighted by Gasteiger charge is 2.27. The molecule has 0 fully saturated rings. The second-order valence-electron chi connectivity index (χ2n) is 3.72. The summed E-state index contributed by atoms with van der Waals surface area (Å²) in [6.07, 6.45) is 0. The SMILES string of the molecule is CCN(CC)C(=O)[C@H](Br)[C@H](Br)c1ccccc1. The van der Waals surface area contributed by atoms with E-state index >= 15 is 0 Å². The smallest absolute Gasteiger partial charge is 0.237 e. The lowest BCUT2D eigenvalue weighted by Gasteiger charge is -2.24. The highest BCUT2D eigenvalue weighted by Crippen LogP contribution is 2.32. The second-order valence-corrected chi connectivity index (χ2v) is 5.70. The summed E-state index contributed by atoms with van der Waals surface area (Å²) >= 11 is 7.07. The van der Waals surface area contributed by atoms with Gasteiger partial charge in [0, 0.05) is 13.1 Å². The first kappa shape index (κ1) is 14.7. The number of hydrogen-bond acceptors (Lipinski definition) is 1. The van der Waals surface area contributed by atoms with Crippen LogP contribution in [0.25, 0.3) is 0 Å². The Hall–Kier alpha value is -0.350. The lowest BCUT2D eigenvalue weighted by Crippen LogP contribution is -2.37. The molecule has 4 heteroatoms. The molecule has 0 spiro atoms. The van der Waals surface area contributed by atoms with Gasteiger partial charge in [0.2, 0.25) is 5.91 Å². The van der Waals surface area contributed by atoms with Crippen LogP contribution in [0.15, 0.2) is 30.3 Å². The minimum Gasteiger partial charge on any atom is -0.342 e. The predicted molar refractivity (Wildman–Crippen MR) is 78.8 cm³/mol. The van der Waals surface area contributed by atoms with Crippen molar-refractivity contribution in [2.75, 3.05) is 13.1 Å². The zero-order valence-corrected chi connectivity index (χ0v) is 13.2. The molecule has 0 bridgehead atoms. The van der Waals surface area contributed by atoms with Crippen LogP contribution in [0.5, 0.6) is 0 Å². The molecule has 0 saturated carbocycles. The number of amides is 1. The molecule has 1 amide bonds. The first-order valence-electron chi connectivity index (χ1n) is 5.73. The monoisotopic (exact) mass is 361 g/mol. The summed E-state index contributed by atoms with van der Waals surface area (Å²) in [5.41, 5.74) is 1.11. The van der Waals surface area contributed by atoms with Crippen molar-refractivity contribution in [3.63, 3.8) is 0 Å². The Morgan fingerprint density at radius 2 is 1.71 bits per heavy atom. The average molecular weight is 363 g/mol. The van der Waals surface area contributed by atoms with Crippen molar-refractivity contribution < 1.29 is 4.79 Å². The average Bonchev–Trinajstić information content (AvgIpc) is 2.39. The largest absolute Gasteiger partial charge is 0.342 e. The molecule has 17 heavy (non-hydrogen) atoms. The maximum Gasteiger partial charge on any atom is 0.237 e. The van der Waals surface area contributed by atoms with E-state index < -0.39 is 0 Å². The highest BCUT2D eigenvalue weighted by molar-refractivity contribution is 9.12. The van der Waals surface area contributed by atoms with Crippen molar-refractivity contribution in [3.05, 3.63) is 35.9 Å². The van der Waals surface area contributed by atoms with Crippen LogP contribution in [0.4, 0.5) is 0 Å². The van der Waals surface area contributed by atoms with E-state index in [2.05, 4.69) is 31.9 Å². The Morgan fingerprint density at radius 3 is 2.18 bits per heavy atom.